The van der Waals surface area contributed by atoms with Gasteiger partial charge in [0.1, 0.15) is 6.54 Å². The molecule has 0 radical (unpaired) electrons. The highest BCUT2D eigenvalue weighted by Crippen LogP contribution is 2.24. The number of aryl methyl sites for hydroxylation is 2. The fourth-order valence-corrected chi connectivity index (χ4v) is 3.48. The number of anilines is 1. The van der Waals surface area contributed by atoms with E-state index in [0.717, 1.165) is 10.1 Å². The van der Waals surface area contributed by atoms with Gasteiger partial charge in [0.2, 0.25) is 11.2 Å². The third-order valence-corrected chi connectivity index (χ3v) is 5.51. The molecule has 0 N–H and O–H groups in total. The van der Waals surface area contributed by atoms with Crippen molar-refractivity contribution in [2.75, 3.05) is 11.4 Å². The maximum atomic E-state index is 13.2. The molecule has 0 fully saturated rings. The molecule has 0 saturated carbocycles. The number of amides is 1. The second-order valence-corrected chi connectivity index (χ2v) is 7.48. The van der Waals surface area contributed by atoms with E-state index in [1.165, 1.54) is 28.1 Å². The summed E-state index contributed by atoms with van der Waals surface area (Å²) < 4.78 is 3.39. The van der Waals surface area contributed by atoms with Crippen LogP contribution in [0.3, 0.4) is 0 Å². The summed E-state index contributed by atoms with van der Waals surface area (Å²) in [6.07, 6.45) is 0.113. The first-order chi connectivity index (χ1) is 14.2. The zero-order valence-corrected chi connectivity index (χ0v) is 18.0. The minimum Gasteiger partial charge on any atom is -0.310 e. The Morgan fingerprint density at radius 3 is 2.57 bits per heavy atom. The van der Waals surface area contributed by atoms with Crippen molar-refractivity contribution >= 4 is 46.0 Å². The SMILES string of the molecule is Cc1cc(N(CCC#N)C(=O)Cn2c(Cl)nc3c2c(=O)n(C)c(=O)n3C)ccc1Cl. The third kappa shape index (κ3) is 3.72. The lowest BCUT2D eigenvalue weighted by Crippen LogP contribution is -2.39. The number of benzene rings is 1. The van der Waals surface area contributed by atoms with Gasteiger partial charge in [-0.1, -0.05) is 11.6 Å². The topological polar surface area (TPSA) is 106 Å². The molecule has 11 heteroatoms. The lowest BCUT2D eigenvalue weighted by Gasteiger charge is -2.23. The maximum absolute atomic E-state index is 13.2. The number of halogens is 2. The van der Waals surface area contributed by atoms with Gasteiger partial charge in [0.15, 0.2) is 11.2 Å². The zero-order valence-electron chi connectivity index (χ0n) is 16.5. The number of nitriles is 1. The molecule has 0 aliphatic heterocycles. The maximum Gasteiger partial charge on any atom is 0.332 e. The van der Waals surface area contributed by atoms with Gasteiger partial charge in [0, 0.05) is 31.4 Å². The van der Waals surface area contributed by atoms with Crippen LogP contribution in [0.15, 0.2) is 27.8 Å². The molecular weight excluding hydrogens is 431 g/mol. The van der Waals surface area contributed by atoms with Crippen LogP contribution >= 0.6 is 23.2 Å². The second kappa shape index (κ2) is 8.34. The molecule has 1 aromatic carbocycles. The van der Waals surface area contributed by atoms with Gasteiger partial charge >= 0.3 is 5.69 Å². The molecule has 0 aliphatic rings. The Morgan fingerprint density at radius 2 is 1.93 bits per heavy atom. The molecular formula is C19H18Cl2N6O3. The van der Waals surface area contributed by atoms with Crippen molar-refractivity contribution in [1.29, 1.82) is 5.26 Å². The van der Waals surface area contributed by atoms with E-state index in [2.05, 4.69) is 4.98 Å². The van der Waals surface area contributed by atoms with Crippen molar-refractivity contribution in [1.82, 2.24) is 18.7 Å². The van der Waals surface area contributed by atoms with E-state index in [0.29, 0.717) is 10.7 Å². The summed E-state index contributed by atoms with van der Waals surface area (Å²) in [7, 11) is 2.81. The highest BCUT2D eigenvalue weighted by molar-refractivity contribution is 6.31. The van der Waals surface area contributed by atoms with Gasteiger partial charge in [-0.2, -0.15) is 10.2 Å². The van der Waals surface area contributed by atoms with Crippen LogP contribution in [0.5, 0.6) is 0 Å². The summed E-state index contributed by atoms with van der Waals surface area (Å²) in [4.78, 5) is 43.5. The van der Waals surface area contributed by atoms with Gasteiger partial charge in [-0.15, -0.1) is 0 Å². The van der Waals surface area contributed by atoms with Crippen molar-refractivity contribution in [2.24, 2.45) is 14.1 Å². The molecule has 2 aromatic heterocycles. The van der Waals surface area contributed by atoms with Gasteiger partial charge in [-0.3, -0.25) is 23.3 Å². The van der Waals surface area contributed by atoms with Crippen LogP contribution < -0.4 is 16.1 Å². The van der Waals surface area contributed by atoms with Gasteiger partial charge in [-0.05, 0) is 42.3 Å². The molecule has 0 unspecified atom stereocenters. The van der Waals surface area contributed by atoms with Crippen LogP contribution in [-0.2, 0) is 25.4 Å². The van der Waals surface area contributed by atoms with Crippen molar-refractivity contribution in [3.8, 4) is 6.07 Å². The fourth-order valence-electron chi connectivity index (χ4n) is 3.14. The molecule has 0 saturated heterocycles. The lowest BCUT2D eigenvalue weighted by atomic mass is 10.2. The molecule has 3 aromatic rings. The predicted octanol–water partition coefficient (Wildman–Crippen LogP) is 2.00. The Kier molecular flexibility index (Phi) is 6.01. The van der Waals surface area contributed by atoms with E-state index >= 15 is 0 Å². The summed E-state index contributed by atoms with van der Waals surface area (Å²) in [5.74, 6) is -0.399. The Bertz CT molecular complexity index is 1320. The van der Waals surface area contributed by atoms with E-state index in [1.54, 1.807) is 18.2 Å². The number of carbonyl (C=O) groups excluding carboxylic acids is 1. The van der Waals surface area contributed by atoms with Crippen LogP contribution in [0.1, 0.15) is 12.0 Å². The van der Waals surface area contributed by atoms with Crippen molar-refractivity contribution in [3.05, 3.63) is 54.9 Å². The summed E-state index contributed by atoms with van der Waals surface area (Å²) in [6, 6.07) is 7.12. The van der Waals surface area contributed by atoms with E-state index in [9.17, 15) is 14.4 Å². The number of nitrogens with zero attached hydrogens (tertiary/aromatic N) is 6. The highest BCUT2D eigenvalue weighted by Gasteiger charge is 2.23. The van der Waals surface area contributed by atoms with Crippen LogP contribution in [0.2, 0.25) is 10.3 Å². The van der Waals surface area contributed by atoms with Crippen molar-refractivity contribution in [3.63, 3.8) is 0 Å². The van der Waals surface area contributed by atoms with Gasteiger partial charge < -0.3 is 4.90 Å². The van der Waals surface area contributed by atoms with Gasteiger partial charge in [-0.25, -0.2) is 4.79 Å². The number of carbonyl (C=O) groups is 1. The lowest BCUT2D eigenvalue weighted by molar-refractivity contribution is -0.119. The Morgan fingerprint density at radius 1 is 1.23 bits per heavy atom. The summed E-state index contributed by atoms with van der Waals surface area (Å²) in [6.45, 7) is 1.66. The number of hydrogen-bond donors (Lipinski definition) is 0. The average Bonchev–Trinajstić information content (AvgIpc) is 3.04. The molecule has 0 bridgehead atoms. The molecule has 0 spiro atoms. The number of imidazole rings is 1. The van der Waals surface area contributed by atoms with Crippen molar-refractivity contribution < 1.29 is 4.79 Å². The number of fused-ring (bicyclic) bond motifs is 1. The molecule has 2 heterocycles. The van der Waals surface area contributed by atoms with E-state index in [4.69, 9.17) is 28.5 Å². The zero-order chi connectivity index (χ0) is 22.2. The van der Waals surface area contributed by atoms with Crippen molar-refractivity contribution in [2.45, 2.75) is 19.9 Å². The second-order valence-electron chi connectivity index (χ2n) is 6.73. The van der Waals surface area contributed by atoms with Crippen LogP contribution in [0.4, 0.5) is 5.69 Å². The highest BCUT2D eigenvalue weighted by atomic mass is 35.5. The number of aromatic nitrogens is 4. The summed E-state index contributed by atoms with van der Waals surface area (Å²) in [5.41, 5.74) is 0.327. The monoisotopic (exact) mass is 448 g/mol. The molecule has 1 amide bonds. The molecule has 0 atom stereocenters. The largest absolute Gasteiger partial charge is 0.332 e. The Labute approximate surface area is 181 Å². The Hall–Kier alpha value is -3.09. The van der Waals surface area contributed by atoms with Gasteiger partial charge in [0.05, 0.1) is 12.5 Å². The molecule has 156 valence electrons. The van der Waals surface area contributed by atoms with Crippen LogP contribution in [0, 0.1) is 18.3 Å². The first-order valence-corrected chi connectivity index (χ1v) is 9.68. The van der Waals surface area contributed by atoms with Gasteiger partial charge in [0.25, 0.3) is 5.56 Å². The third-order valence-electron chi connectivity index (χ3n) is 4.80. The quantitative estimate of drug-likeness (QED) is 0.554. The predicted molar refractivity (Wildman–Crippen MR) is 114 cm³/mol. The first-order valence-electron chi connectivity index (χ1n) is 8.92. The normalized spacial score (nSPS) is 10.9. The molecule has 9 nitrogen and oxygen atoms in total. The van der Waals surface area contributed by atoms with E-state index in [-0.39, 0.29) is 36.0 Å². The first kappa shape index (κ1) is 21.6. The van der Waals surface area contributed by atoms with Crippen LogP contribution in [0.25, 0.3) is 11.2 Å². The summed E-state index contributed by atoms with van der Waals surface area (Å²) >= 11 is 12.3. The Balaban J connectivity index is 2.08. The van der Waals surface area contributed by atoms with Crippen LogP contribution in [-0.4, -0.2) is 31.1 Å². The average molecular weight is 449 g/mol. The van der Waals surface area contributed by atoms with E-state index in [1.807, 2.05) is 13.0 Å². The smallest absolute Gasteiger partial charge is 0.310 e. The van der Waals surface area contributed by atoms with E-state index < -0.39 is 17.2 Å². The molecule has 0 aliphatic carbocycles. The number of hydrogen-bond acceptors (Lipinski definition) is 5. The molecule has 30 heavy (non-hydrogen) atoms. The number of rotatable bonds is 5. The minimum absolute atomic E-state index is 0.0467. The summed E-state index contributed by atoms with van der Waals surface area (Å²) in [5, 5.41) is 9.45. The molecule has 3 rings (SSSR count). The minimum atomic E-state index is -0.605. The standard InChI is InChI=1S/C19H18Cl2N6O3/c1-11-9-12(5-6-13(11)20)26(8-4-7-22)14(28)10-27-15-16(23-18(27)21)24(2)19(30)25(3)17(15)29/h5-6,9H,4,8,10H2,1-3H3. The fraction of sp³-hybridized carbons (Fsp3) is 0.316.